The van der Waals surface area contributed by atoms with Crippen molar-refractivity contribution in [3.8, 4) is 0 Å². The van der Waals surface area contributed by atoms with Crippen molar-refractivity contribution < 1.29 is 19.1 Å². The van der Waals surface area contributed by atoms with Crippen LogP contribution in [0.4, 0.5) is 0 Å². The summed E-state index contributed by atoms with van der Waals surface area (Å²) in [5.74, 6) is -1.02. The van der Waals surface area contributed by atoms with E-state index in [1.165, 1.54) is 10.9 Å². The maximum absolute atomic E-state index is 13.5. The van der Waals surface area contributed by atoms with Crippen LogP contribution in [0.5, 0.6) is 0 Å². The molecule has 3 atom stereocenters. The second-order valence-corrected chi connectivity index (χ2v) is 10.1. The highest BCUT2D eigenvalue weighted by Crippen LogP contribution is 2.44. The van der Waals surface area contributed by atoms with E-state index in [0.29, 0.717) is 24.3 Å². The van der Waals surface area contributed by atoms with Crippen molar-refractivity contribution in [3.05, 3.63) is 59.3 Å². The molecule has 0 spiro atoms. The van der Waals surface area contributed by atoms with Gasteiger partial charge in [-0.2, -0.15) is 0 Å². The summed E-state index contributed by atoms with van der Waals surface area (Å²) < 4.78 is 13.7. The molecule has 0 N–H and O–H groups in total. The Bertz CT molecular complexity index is 1420. The van der Waals surface area contributed by atoms with Gasteiger partial charge in [-0.05, 0) is 63.3 Å². The molecular formula is C30H32N2O4. The number of hydrogen-bond donors (Lipinski definition) is 0. The number of aryl methyl sites for hydroxylation is 1. The summed E-state index contributed by atoms with van der Waals surface area (Å²) in [5, 5.41) is 2.32. The Morgan fingerprint density at radius 2 is 1.92 bits per heavy atom. The van der Waals surface area contributed by atoms with Crippen LogP contribution in [-0.2, 0) is 25.6 Å². The van der Waals surface area contributed by atoms with E-state index >= 15 is 0 Å². The topological polar surface area (TPSA) is 69.9 Å². The minimum absolute atomic E-state index is 0.0520. The smallest absolute Gasteiger partial charge is 0.336 e. The fourth-order valence-electron chi connectivity index (χ4n) is 6.37. The lowest BCUT2D eigenvalue weighted by molar-refractivity contribution is -0.142. The van der Waals surface area contributed by atoms with E-state index in [1.807, 2.05) is 6.92 Å². The SMILES string of the molecule is CCn1c2ccccc2c2cc(C3C(C(=O)OCC4CCCO4)=C(C)N=C4CCCC(=O)C43)ccc21. The molecule has 1 aromatic heterocycles. The molecular weight excluding hydrogens is 452 g/mol. The predicted octanol–water partition coefficient (Wildman–Crippen LogP) is 5.72. The van der Waals surface area contributed by atoms with E-state index < -0.39 is 11.8 Å². The second kappa shape index (κ2) is 9.32. The van der Waals surface area contributed by atoms with Gasteiger partial charge >= 0.3 is 5.97 Å². The molecule has 3 aliphatic rings. The normalized spacial score (nSPS) is 24.3. The highest BCUT2D eigenvalue weighted by Gasteiger charge is 2.44. The maximum atomic E-state index is 13.5. The number of carbonyl (C=O) groups is 2. The summed E-state index contributed by atoms with van der Waals surface area (Å²) in [6.45, 7) is 5.84. The van der Waals surface area contributed by atoms with E-state index in [1.54, 1.807) is 0 Å². The van der Waals surface area contributed by atoms with Crippen molar-refractivity contribution in [3.63, 3.8) is 0 Å². The van der Waals surface area contributed by atoms with E-state index in [-0.39, 0.29) is 24.5 Å². The van der Waals surface area contributed by atoms with Gasteiger partial charge in [-0.1, -0.05) is 24.3 Å². The first-order valence-electron chi connectivity index (χ1n) is 13.2. The maximum Gasteiger partial charge on any atom is 0.336 e. The lowest BCUT2D eigenvalue weighted by Gasteiger charge is -2.35. The molecule has 6 nitrogen and oxygen atoms in total. The zero-order valence-electron chi connectivity index (χ0n) is 21.0. The van der Waals surface area contributed by atoms with Crippen molar-refractivity contribution in [2.24, 2.45) is 10.9 Å². The van der Waals surface area contributed by atoms with Crippen LogP contribution in [0.3, 0.4) is 0 Å². The third-order valence-corrected chi connectivity index (χ3v) is 8.02. The highest BCUT2D eigenvalue weighted by atomic mass is 16.6. The molecule has 1 saturated heterocycles. The molecule has 0 bridgehead atoms. The number of fused-ring (bicyclic) bond motifs is 4. The molecule has 186 valence electrons. The minimum Gasteiger partial charge on any atom is -0.460 e. The average Bonchev–Trinajstić information content (AvgIpc) is 3.52. The van der Waals surface area contributed by atoms with Crippen LogP contribution in [-0.4, -0.2) is 41.3 Å². The number of nitrogens with zero attached hydrogens (tertiary/aromatic N) is 2. The molecule has 0 radical (unpaired) electrons. The fourth-order valence-corrected chi connectivity index (χ4v) is 6.37. The first-order valence-corrected chi connectivity index (χ1v) is 13.2. The van der Waals surface area contributed by atoms with Gasteiger partial charge in [0.2, 0.25) is 0 Å². The Labute approximate surface area is 211 Å². The number of aromatic nitrogens is 1. The Morgan fingerprint density at radius 3 is 2.72 bits per heavy atom. The molecule has 3 heterocycles. The molecule has 2 aliphatic heterocycles. The number of allylic oxidation sites excluding steroid dienone is 1. The number of carbonyl (C=O) groups excluding carboxylic acids is 2. The number of para-hydroxylation sites is 1. The van der Waals surface area contributed by atoms with Gasteiger partial charge < -0.3 is 14.0 Å². The standard InChI is InChI=1S/C30H32N2O4/c1-3-32-24-11-5-4-9-21(24)22-16-19(13-14-25(22)32)28-27(30(34)36-17-20-8-7-15-35-20)18(2)31-23-10-6-12-26(33)29(23)28/h4-5,9,11,13-14,16,20,28-29H,3,6-8,10,12,15,17H2,1-2H3. The first-order chi connectivity index (χ1) is 17.6. The molecule has 2 fully saturated rings. The van der Waals surface area contributed by atoms with Crippen molar-refractivity contribution in [2.45, 2.75) is 64.5 Å². The Kier molecular flexibility index (Phi) is 6.00. The van der Waals surface area contributed by atoms with E-state index in [4.69, 9.17) is 14.5 Å². The zero-order chi connectivity index (χ0) is 24.8. The van der Waals surface area contributed by atoms with Gasteiger partial charge in [0, 0.05) is 58.7 Å². The first kappa shape index (κ1) is 23.2. The minimum atomic E-state index is -0.412. The molecule has 3 unspecified atom stereocenters. The van der Waals surface area contributed by atoms with Crippen LogP contribution in [0, 0.1) is 5.92 Å². The average molecular weight is 485 g/mol. The fraction of sp³-hybridized carbons (Fsp3) is 0.433. The van der Waals surface area contributed by atoms with Gasteiger partial charge in [-0.3, -0.25) is 9.79 Å². The van der Waals surface area contributed by atoms with Crippen molar-refractivity contribution in [2.75, 3.05) is 13.2 Å². The monoisotopic (exact) mass is 484 g/mol. The number of Topliss-reactive ketones (excluding diaryl/α,β-unsaturated/α-hetero) is 1. The molecule has 3 aromatic rings. The summed E-state index contributed by atoms with van der Waals surface area (Å²) in [5.41, 5.74) is 5.39. The van der Waals surface area contributed by atoms with Crippen LogP contribution < -0.4 is 0 Å². The summed E-state index contributed by atoms with van der Waals surface area (Å²) in [4.78, 5) is 31.6. The van der Waals surface area contributed by atoms with Crippen LogP contribution in [0.15, 0.2) is 58.7 Å². The number of hydrogen-bond acceptors (Lipinski definition) is 5. The number of benzene rings is 2. The Morgan fingerprint density at radius 1 is 1.08 bits per heavy atom. The van der Waals surface area contributed by atoms with Crippen molar-refractivity contribution in [1.82, 2.24) is 4.57 Å². The summed E-state index contributed by atoms with van der Waals surface area (Å²) >= 11 is 0. The summed E-state index contributed by atoms with van der Waals surface area (Å²) in [6, 6.07) is 14.8. The molecule has 6 heteroatoms. The largest absolute Gasteiger partial charge is 0.460 e. The number of ketones is 1. The van der Waals surface area contributed by atoms with Gasteiger partial charge in [0.25, 0.3) is 0 Å². The summed E-state index contributed by atoms with van der Waals surface area (Å²) in [6.07, 6.45) is 3.97. The number of rotatable bonds is 5. The van der Waals surface area contributed by atoms with Crippen LogP contribution in [0.2, 0.25) is 0 Å². The number of aliphatic imine (C=N–C) groups is 1. The van der Waals surface area contributed by atoms with Crippen molar-refractivity contribution >= 4 is 39.3 Å². The van der Waals surface area contributed by atoms with Crippen molar-refractivity contribution in [1.29, 1.82) is 0 Å². The van der Waals surface area contributed by atoms with Gasteiger partial charge in [0.15, 0.2) is 0 Å². The van der Waals surface area contributed by atoms with Crippen LogP contribution >= 0.6 is 0 Å². The van der Waals surface area contributed by atoms with Gasteiger partial charge in [0.1, 0.15) is 12.4 Å². The van der Waals surface area contributed by atoms with Crippen LogP contribution in [0.1, 0.15) is 57.4 Å². The molecule has 1 aliphatic carbocycles. The third-order valence-electron chi connectivity index (χ3n) is 8.02. The number of ether oxygens (including phenoxy) is 2. The van der Waals surface area contributed by atoms with E-state index in [9.17, 15) is 9.59 Å². The third kappa shape index (κ3) is 3.79. The second-order valence-electron chi connectivity index (χ2n) is 10.1. The summed E-state index contributed by atoms with van der Waals surface area (Å²) in [7, 11) is 0. The van der Waals surface area contributed by atoms with E-state index in [0.717, 1.165) is 54.4 Å². The van der Waals surface area contributed by atoms with Gasteiger partial charge in [-0.25, -0.2) is 4.79 Å². The predicted molar refractivity (Wildman–Crippen MR) is 140 cm³/mol. The molecule has 2 aromatic carbocycles. The number of esters is 1. The Hall–Kier alpha value is -3.25. The van der Waals surface area contributed by atoms with Crippen LogP contribution in [0.25, 0.3) is 21.8 Å². The highest BCUT2D eigenvalue weighted by molar-refractivity contribution is 6.12. The molecule has 6 rings (SSSR count). The lowest BCUT2D eigenvalue weighted by atomic mass is 9.69. The van der Waals surface area contributed by atoms with Gasteiger partial charge in [0.05, 0.1) is 17.6 Å². The molecule has 36 heavy (non-hydrogen) atoms. The molecule has 0 amide bonds. The van der Waals surface area contributed by atoms with Gasteiger partial charge in [-0.15, -0.1) is 0 Å². The Balaban J connectivity index is 1.47. The molecule has 1 saturated carbocycles. The lowest BCUT2D eigenvalue weighted by Crippen LogP contribution is -2.39. The zero-order valence-corrected chi connectivity index (χ0v) is 21.0. The quantitative estimate of drug-likeness (QED) is 0.435. The van der Waals surface area contributed by atoms with E-state index in [2.05, 4.69) is 54.0 Å².